The average Bonchev–Trinajstić information content (AvgIpc) is 3.59. The van der Waals surface area contributed by atoms with E-state index in [1.807, 2.05) is 0 Å². The molecule has 15 heteroatoms. The second-order valence-corrected chi connectivity index (χ2v) is 11.2. The fourth-order valence-electron chi connectivity index (χ4n) is 4.55. The molecular formula is C22H36N5O9P. The first-order valence-corrected chi connectivity index (χ1v) is 14.1. The second kappa shape index (κ2) is 12.0. The van der Waals surface area contributed by atoms with Crippen molar-refractivity contribution in [3.63, 3.8) is 0 Å². The Morgan fingerprint density at radius 2 is 1.81 bits per heavy atom. The molecule has 2 aromatic rings. The van der Waals surface area contributed by atoms with Crippen LogP contribution in [0.25, 0.3) is 11.0 Å². The minimum absolute atomic E-state index is 0.201. The maximum absolute atomic E-state index is 12.4. The van der Waals surface area contributed by atoms with Crippen molar-refractivity contribution in [3.05, 3.63) is 12.4 Å². The summed E-state index contributed by atoms with van der Waals surface area (Å²) in [5, 5.41) is 27.6. The van der Waals surface area contributed by atoms with Crippen molar-refractivity contribution in [1.29, 1.82) is 0 Å². The number of nitrogens with one attached hydrogen (secondary N) is 1. The molecule has 2 fully saturated rings. The molecule has 0 spiro atoms. The maximum atomic E-state index is 12.4. The van der Waals surface area contributed by atoms with Crippen molar-refractivity contribution >= 4 is 24.6 Å². The molecule has 0 aromatic carbocycles. The van der Waals surface area contributed by atoms with Crippen LogP contribution >= 0.6 is 7.60 Å². The van der Waals surface area contributed by atoms with Gasteiger partial charge in [-0.25, -0.2) is 9.67 Å². The first kappa shape index (κ1) is 28.3. The maximum Gasteiger partial charge on any atom is 0.361 e. The van der Waals surface area contributed by atoms with Gasteiger partial charge in [0.05, 0.1) is 31.4 Å². The fraction of sp³-hybridized carbons (Fsp3) is 0.773. The molecule has 1 saturated carbocycles. The SMILES string of the molecule is CCOCC(COCC)(OC[C@H]1O[C@@H](n2ncc3cnc(NC4CCCC4)nc32)[C@H](O)[C@@H]1O)P(=O)(O)O. The zero-order chi connectivity index (χ0) is 26.6. The zero-order valence-electron chi connectivity index (χ0n) is 21.0. The van der Waals surface area contributed by atoms with Gasteiger partial charge in [0, 0.05) is 25.5 Å². The molecular weight excluding hydrogens is 509 g/mol. The highest BCUT2D eigenvalue weighted by Crippen LogP contribution is 2.52. The number of aliphatic hydroxyl groups excluding tert-OH is 2. The molecule has 1 saturated heterocycles. The van der Waals surface area contributed by atoms with Gasteiger partial charge in [-0.3, -0.25) is 4.57 Å². The Bertz CT molecular complexity index is 1070. The molecule has 2 aromatic heterocycles. The van der Waals surface area contributed by atoms with E-state index >= 15 is 0 Å². The number of ether oxygens (including phenoxy) is 4. The third-order valence-corrected chi connectivity index (χ3v) is 8.16. The summed E-state index contributed by atoms with van der Waals surface area (Å²) in [6.07, 6.45) is 2.49. The molecule has 2 aliphatic rings. The molecule has 5 N–H and O–H groups in total. The van der Waals surface area contributed by atoms with Crippen molar-refractivity contribution in [2.45, 2.75) is 75.5 Å². The van der Waals surface area contributed by atoms with E-state index in [9.17, 15) is 24.6 Å². The lowest BCUT2D eigenvalue weighted by Gasteiger charge is -2.34. The predicted octanol–water partition coefficient (Wildman–Crippen LogP) is 0.764. The van der Waals surface area contributed by atoms with E-state index in [1.54, 1.807) is 20.0 Å². The molecule has 0 bridgehead atoms. The highest BCUT2D eigenvalue weighted by Gasteiger charge is 2.52. The first-order chi connectivity index (χ1) is 17.7. The topological polar surface area (TPSA) is 191 Å². The van der Waals surface area contributed by atoms with Crippen LogP contribution in [-0.4, -0.2) is 102 Å². The highest BCUT2D eigenvalue weighted by molar-refractivity contribution is 7.53. The van der Waals surface area contributed by atoms with Crippen molar-refractivity contribution in [2.24, 2.45) is 0 Å². The van der Waals surface area contributed by atoms with E-state index in [-0.39, 0.29) is 13.2 Å². The summed E-state index contributed by atoms with van der Waals surface area (Å²) >= 11 is 0. The van der Waals surface area contributed by atoms with Crippen LogP contribution in [-0.2, 0) is 23.5 Å². The molecule has 0 amide bonds. The fourth-order valence-corrected chi connectivity index (χ4v) is 5.31. The quantitative estimate of drug-likeness (QED) is 0.222. The second-order valence-electron chi connectivity index (χ2n) is 9.31. The summed E-state index contributed by atoms with van der Waals surface area (Å²) in [6, 6.07) is 0.299. The lowest BCUT2D eigenvalue weighted by atomic mass is 10.1. The number of nitrogens with zero attached hydrogens (tertiary/aromatic N) is 4. The number of hydrogen-bond acceptors (Lipinski definition) is 11. The number of aliphatic hydroxyl groups is 2. The molecule has 0 unspecified atom stereocenters. The van der Waals surface area contributed by atoms with Crippen LogP contribution < -0.4 is 5.32 Å². The van der Waals surface area contributed by atoms with Crippen molar-refractivity contribution in [2.75, 3.05) is 38.4 Å². The monoisotopic (exact) mass is 545 g/mol. The summed E-state index contributed by atoms with van der Waals surface area (Å²) in [4.78, 5) is 29.0. The molecule has 3 heterocycles. The Morgan fingerprint density at radius 1 is 1.14 bits per heavy atom. The van der Waals surface area contributed by atoms with Crippen LogP contribution in [0.2, 0.25) is 0 Å². The van der Waals surface area contributed by atoms with Gasteiger partial charge < -0.3 is 44.3 Å². The van der Waals surface area contributed by atoms with E-state index in [0.717, 1.165) is 25.7 Å². The summed E-state index contributed by atoms with van der Waals surface area (Å²) < 4.78 is 35.9. The number of hydrogen-bond donors (Lipinski definition) is 5. The Balaban J connectivity index is 1.51. The molecule has 37 heavy (non-hydrogen) atoms. The lowest BCUT2D eigenvalue weighted by Crippen LogP contribution is -2.45. The molecule has 4 atom stereocenters. The Morgan fingerprint density at radius 3 is 2.43 bits per heavy atom. The predicted molar refractivity (Wildman–Crippen MR) is 131 cm³/mol. The lowest BCUT2D eigenvalue weighted by molar-refractivity contribution is -0.135. The smallest absolute Gasteiger partial charge is 0.361 e. The third-order valence-electron chi connectivity index (χ3n) is 6.71. The largest absolute Gasteiger partial charge is 0.387 e. The van der Waals surface area contributed by atoms with Crippen LogP contribution in [0.5, 0.6) is 0 Å². The van der Waals surface area contributed by atoms with E-state index in [1.165, 1.54) is 10.9 Å². The van der Waals surface area contributed by atoms with Gasteiger partial charge in [-0.2, -0.15) is 10.1 Å². The number of fused-ring (bicyclic) bond motifs is 1. The van der Waals surface area contributed by atoms with Crippen LogP contribution in [0, 0.1) is 0 Å². The van der Waals surface area contributed by atoms with E-state index in [0.29, 0.717) is 23.0 Å². The van der Waals surface area contributed by atoms with Gasteiger partial charge in [0.15, 0.2) is 11.9 Å². The summed E-state index contributed by atoms with van der Waals surface area (Å²) in [6.45, 7) is 2.46. The molecule has 1 aliphatic heterocycles. The number of rotatable bonds is 13. The molecule has 208 valence electrons. The van der Waals surface area contributed by atoms with E-state index in [4.69, 9.17) is 18.9 Å². The Hall–Kier alpha value is -1.74. The minimum Gasteiger partial charge on any atom is -0.387 e. The van der Waals surface area contributed by atoms with E-state index < -0.39 is 57.3 Å². The van der Waals surface area contributed by atoms with Crippen molar-refractivity contribution in [1.82, 2.24) is 19.7 Å². The summed E-state index contributed by atoms with van der Waals surface area (Å²) in [5.74, 6) is 0.437. The van der Waals surface area contributed by atoms with Gasteiger partial charge in [0.2, 0.25) is 11.3 Å². The summed E-state index contributed by atoms with van der Waals surface area (Å²) in [7, 11) is -4.89. The molecule has 0 radical (unpaired) electrons. The van der Waals surface area contributed by atoms with Gasteiger partial charge in [-0.15, -0.1) is 0 Å². The highest BCUT2D eigenvalue weighted by atomic mass is 31.2. The van der Waals surface area contributed by atoms with E-state index in [2.05, 4.69) is 20.4 Å². The Labute approximate surface area is 214 Å². The molecule has 14 nitrogen and oxygen atoms in total. The standard InChI is InChI=1S/C22H36N5O9P/c1-3-33-12-22(13-34-4-2,37(30,31)32)35-11-16-17(28)18(29)20(36-16)27-19-14(10-24-27)9-23-21(26-19)25-15-7-5-6-8-15/h9-10,15-18,20,28-29H,3-8,11-13H2,1-2H3,(H,23,25,26)(H2,30,31,32)/t16-,17-,18-,20-/m1/s1. The van der Waals surface area contributed by atoms with Crippen LogP contribution in [0.1, 0.15) is 45.8 Å². The van der Waals surface area contributed by atoms with Gasteiger partial charge in [0.25, 0.3) is 0 Å². The normalized spacial score (nSPS) is 25.4. The summed E-state index contributed by atoms with van der Waals surface area (Å²) in [5.41, 5.74) is 0.408. The van der Waals surface area contributed by atoms with Gasteiger partial charge in [-0.05, 0) is 26.7 Å². The van der Waals surface area contributed by atoms with Crippen LogP contribution in [0.3, 0.4) is 0 Å². The van der Waals surface area contributed by atoms with Crippen molar-refractivity contribution < 1.29 is 43.5 Å². The first-order valence-electron chi connectivity index (χ1n) is 12.5. The average molecular weight is 546 g/mol. The minimum atomic E-state index is -4.89. The number of anilines is 1. The van der Waals surface area contributed by atoms with Crippen LogP contribution in [0.15, 0.2) is 12.4 Å². The van der Waals surface area contributed by atoms with Gasteiger partial charge in [-0.1, -0.05) is 12.8 Å². The van der Waals surface area contributed by atoms with Crippen LogP contribution in [0.4, 0.5) is 5.95 Å². The van der Waals surface area contributed by atoms with Gasteiger partial charge >= 0.3 is 7.60 Å². The third kappa shape index (κ3) is 6.13. The van der Waals surface area contributed by atoms with Gasteiger partial charge in [0.1, 0.15) is 18.3 Å². The van der Waals surface area contributed by atoms with Crippen molar-refractivity contribution in [3.8, 4) is 0 Å². The number of aromatic nitrogens is 4. The Kier molecular flexibility index (Phi) is 9.15. The zero-order valence-corrected chi connectivity index (χ0v) is 21.9. The molecule has 4 rings (SSSR count). The molecule has 1 aliphatic carbocycles.